The van der Waals surface area contributed by atoms with E-state index in [-0.39, 0.29) is 23.6 Å². The molecule has 0 saturated heterocycles. The van der Waals surface area contributed by atoms with E-state index in [2.05, 4.69) is 28.7 Å². The highest BCUT2D eigenvalue weighted by Crippen LogP contribution is 2.36. The van der Waals surface area contributed by atoms with E-state index in [1.807, 2.05) is 6.92 Å². The Morgan fingerprint density at radius 1 is 1.03 bits per heavy atom. The van der Waals surface area contributed by atoms with Gasteiger partial charge in [0.2, 0.25) is 0 Å². The molecule has 3 aromatic carbocycles. The van der Waals surface area contributed by atoms with E-state index < -0.39 is 5.82 Å². The quantitative estimate of drug-likeness (QED) is 0.201. The van der Waals surface area contributed by atoms with Crippen LogP contribution in [0.4, 0.5) is 8.78 Å². The fraction of sp³-hybridized carbons (Fsp3) is 0.125. The number of allylic oxidation sites excluding steroid dienone is 1. The number of ether oxygens (including phenoxy) is 2. The second-order valence-electron chi connectivity index (χ2n) is 6.29. The van der Waals surface area contributed by atoms with E-state index in [4.69, 9.17) is 9.47 Å². The lowest BCUT2D eigenvalue weighted by Crippen LogP contribution is -2.03. The van der Waals surface area contributed by atoms with Gasteiger partial charge >= 0.3 is 0 Å². The first-order valence-corrected chi connectivity index (χ1v) is 10.3. The molecule has 3 rings (SSSR count). The summed E-state index contributed by atoms with van der Waals surface area (Å²) in [7, 11) is 0. The highest BCUT2D eigenvalue weighted by molar-refractivity contribution is 14.1. The number of halogens is 3. The van der Waals surface area contributed by atoms with Crippen LogP contribution in [-0.2, 0) is 6.61 Å². The molecule has 0 spiro atoms. The fourth-order valence-electron chi connectivity index (χ4n) is 2.86. The first-order valence-electron chi connectivity index (χ1n) is 9.22. The molecule has 0 unspecified atom stereocenters. The van der Waals surface area contributed by atoms with Gasteiger partial charge in [0.15, 0.2) is 11.5 Å². The van der Waals surface area contributed by atoms with Crippen LogP contribution in [0, 0.1) is 26.5 Å². The van der Waals surface area contributed by atoms with Crippen LogP contribution in [0.5, 0.6) is 11.5 Å². The average Bonchev–Trinajstić information content (AvgIpc) is 2.73. The van der Waals surface area contributed by atoms with Crippen LogP contribution < -0.4 is 9.47 Å². The molecule has 0 aromatic heterocycles. The molecule has 3 aromatic rings. The first kappa shape index (κ1) is 21.8. The maximum Gasteiger partial charge on any atom is 0.175 e. The summed E-state index contributed by atoms with van der Waals surface area (Å²) in [5.74, 6) is 0.156. The minimum Gasteiger partial charge on any atom is -0.490 e. The van der Waals surface area contributed by atoms with Crippen LogP contribution >= 0.6 is 22.6 Å². The average molecular weight is 517 g/mol. The molecule has 0 heterocycles. The van der Waals surface area contributed by atoms with Crippen molar-refractivity contribution in [1.82, 2.24) is 0 Å². The predicted molar refractivity (Wildman–Crippen MR) is 121 cm³/mol. The van der Waals surface area contributed by atoms with E-state index in [1.165, 1.54) is 12.1 Å². The minimum absolute atomic E-state index is 0.0522. The summed E-state index contributed by atoms with van der Waals surface area (Å²) >= 11 is 2.10. The summed E-state index contributed by atoms with van der Waals surface area (Å²) in [5.41, 5.74) is 1.53. The highest BCUT2D eigenvalue weighted by Gasteiger charge is 2.14. The van der Waals surface area contributed by atoms with Crippen molar-refractivity contribution in [2.45, 2.75) is 13.5 Å². The zero-order valence-electron chi connectivity index (χ0n) is 16.2. The Kier molecular flexibility index (Phi) is 7.41. The second-order valence-corrected chi connectivity index (χ2v) is 7.45. The Morgan fingerprint density at radius 3 is 2.40 bits per heavy atom. The van der Waals surface area contributed by atoms with Crippen molar-refractivity contribution >= 4 is 34.2 Å². The van der Waals surface area contributed by atoms with Crippen molar-refractivity contribution in [2.24, 2.45) is 0 Å². The number of benzene rings is 3. The number of hydrogen-bond donors (Lipinski definition) is 0. The monoisotopic (exact) mass is 517 g/mol. The van der Waals surface area contributed by atoms with Crippen LogP contribution in [0.15, 0.2) is 60.7 Å². The van der Waals surface area contributed by atoms with E-state index >= 15 is 0 Å². The Morgan fingerprint density at radius 2 is 1.73 bits per heavy atom. The summed E-state index contributed by atoms with van der Waals surface area (Å²) in [4.78, 5) is 0. The Labute approximate surface area is 187 Å². The van der Waals surface area contributed by atoms with Crippen LogP contribution in [0.3, 0.4) is 0 Å². The topological polar surface area (TPSA) is 42.2 Å². The molecule has 0 fully saturated rings. The zero-order valence-corrected chi connectivity index (χ0v) is 18.3. The van der Waals surface area contributed by atoms with Crippen molar-refractivity contribution in [3.8, 4) is 17.6 Å². The van der Waals surface area contributed by atoms with Crippen molar-refractivity contribution in [2.75, 3.05) is 6.61 Å². The van der Waals surface area contributed by atoms with Crippen LogP contribution in [0.2, 0.25) is 0 Å². The van der Waals surface area contributed by atoms with Gasteiger partial charge in [-0.3, -0.25) is 0 Å². The molecule has 3 nitrogen and oxygen atoms in total. The maximum absolute atomic E-state index is 14.1. The summed E-state index contributed by atoms with van der Waals surface area (Å²) in [6.07, 6.45) is 1.60. The van der Waals surface area contributed by atoms with Crippen molar-refractivity contribution < 1.29 is 18.3 Å². The van der Waals surface area contributed by atoms with Gasteiger partial charge in [-0.2, -0.15) is 5.26 Å². The van der Waals surface area contributed by atoms with Crippen molar-refractivity contribution in [3.05, 3.63) is 92.6 Å². The number of rotatable bonds is 7. The van der Waals surface area contributed by atoms with Gasteiger partial charge in [-0.1, -0.05) is 36.4 Å². The van der Waals surface area contributed by atoms with Crippen molar-refractivity contribution in [3.63, 3.8) is 0 Å². The van der Waals surface area contributed by atoms with Gasteiger partial charge in [-0.05, 0) is 65.4 Å². The molecule has 152 valence electrons. The Bertz CT molecular complexity index is 1120. The lowest BCUT2D eigenvalue weighted by Gasteiger charge is -2.15. The fourth-order valence-corrected chi connectivity index (χ4v) is 3.64. The molecular formula is C24H18F2INO2. The van der Waals surface area contributed by atoms with E-state index in [9.17, 15) is 14.0 Å². The normalized spacial score (nSPS) is 11.1. The molecule has 0 saturated carbocycles. The largest absolute Gasteiger partial charge is 0.490 e. The maximum atomic E-state index is 14.1. The molecule has 30 heavy (non-hydrogen) atoms. The highest BCUT2D eigenvalue weighted by atomic mass is 127. The Balaban J connectivity index is 1.95. The van der Waals surface area contributed by atoms with Crippen LogP contribution in [-0.4, -0.2) is 6.61 Å². The number of hydrogen-bond acceptors (Lipinski definition) is 3. The molecular weight excluding hydrogens is 499 g/mol. The minimum atomic E-state index is -0.463. The molecule has 0 N–H and O–H groups in total. The van der Waals surface area contributed by atoms with E-state index in [1.54, 1.807) is 54.6 Å². The summed E-state index contributed by atoms with van der Waals surface area (Å²) in [5, 5.41) is 9.52. The van der Waals surface area contributed by atoms with Crippen molar-refractivity contribution in [1.29, 1.82) is 5.26 Å². The lowest BCUT2D eigenvalue weighted by molar-refractivity contribution is 0.264. The van der Waals surface area contributed by atoms with E-state index in [0.29, 0.717) is 29.2 Å². The smallest absolute Gasteiger partial charge is 0.175 e. The first-order chi connectivity index (χ1) is 14.5. The van der Waals surface area contributed by atoms with Gasteiger partial charge in [-0.15, -0.1) is 0 Å². The standard InChI is InChI=1S/C24H18F2INO2/c1-2-29-23-13-16(11-18(14-28)19-8-4-6-10-21(19)26)12-22(27)24(23)30-15-17-7-3-5-9-20(17)25/h3-13H,2,15H2,1H3/b18-11-. The molecule has 0 bridgehead atoms. The second kappa shape index (κ2) is 10.2. The number of nitrogens with zero attached hydrogens (tertiary/aromatic N) is 1. The number of nitriles is 1. The van der Waals surface area contributed by atoms with Gasteiger partial charge in [0.25, 0.3) is 0 Å². The molecule has 0 amide bonds. The Hall–Kier alpha value is -2.92. The molecule has 0 aliphatic rings. The lowest BCUT2D eigenvalue weighted by atomic mass is 10.0. The third kappa shape index (κ3) is 5.16. The van der Waals surface area contributed by atoms with Crippen LogP contribution in [0.25, 0.3) is 11.6 Å². The third-order valence-electron chi connectivity index (χ3n) is 4.26. The van der Waals surface area contributed by atoms with Gasteiger partial charge in [0.05, 0.1) is 21.8 Å². The summed E-state index contributed by atoms with van der Waals surface area (Å²) in [6.45, 7) is 2.30. The van der Waals surface area contributed by atoms with Gasteiger partial charge in [-0.25, -0.2) is 8.78 Å². The molecule has 0 atom stereocenters. The third-order valence-corrected chi connectivity index (χ3v) is 5.06. The SMILES string of the molecule is CCOc1cc(/C=C(/C#N)c2ccccc2F)cc(I)c1OCc1ccccc1F. The molecule has 0 radical (unpaired) electrons. The summed E-state index contributed by atoms with van der Waals surface area (Å²) < 4.78 is 40.3. The van der Waals surface area contributed by atoms with E-state index in [0.717, 1.165) is 3.57 Å². The zero-order chi connectivity index (χ0) is 21.5. The predicted octanol–water partition coefficient (Wildman–Crippen LogP) is 6.61. The summed E-state index contributed by atoms with van der Waals surface area (Å²) in [6, 6.07) is 18.1. The molecule has 0 aliphatic carbocycles. The van der Waals surface area contributed by atoms with Gasteiger partial charge < -0.3 is 9.47 Å². The van der Waals surface area contributed by atoms with Gasteiger partial charge in [0, 0.05) is 11.1 Å². The van der Waals surface area contributed by atoms with Crippen LogP contribution in [0.1, 0.15) is 23.6 Å². The molecule has 6 heteroatoms. The molecule has 0 aliphatic heterocycles. The van der Waals surface area contributed by atoms with Gasteiger partial charge in [0.1, 0.15) is 18.2 Å².